The molecule has 3 aromatic heterocycles. The van der Waals surface area contributed by atoms with Crippen molar-refractivity contribution in [3.63, 3.8) is 0 Å². The average Bonchev–Trinajstić information content (AvgIpc) is 3.51. The number of fused-ring (bicyclic) bond motifs is 1. The first kappa shape index (κ1) is 21.8. The fourth-order valence-electron chi connectivity index (χ4n) is 4.50. The first-order valence-electron chi connectivity index (χ1n) is 11.7. The van der Waals surface area contributed by atoms with Gasteiger partial charge in [0.25, 0.3) is 0 Å². The minimum absolute atomic E-state index is 0.710. The van der Waals surface area contributed by atoms with Gasteiger partial charge in [-0.1, -0.05) is 29.8 Å². The molecule has 2 aromatic carbocycles. The molecule has 0 aliphatic carbocycles. The molecule has 0 unspecified atom stereocenters. The molecule has 0 amide bonds. The van der Waals surface area contributed by atoms with E-state index in [1.807, 2.05) is 72.4 Å². The van der Waals surface area contributed by atoms with E-state index in [9.17, 15) is 0 Å². The second-order valence-corrected chi connectivity index (χ2v) is 9.26. The number of benzene rings is 2. The van der Waals surface area contributed by atoms with Crippen LogP contribution in [0.3, 0.4) is 0 Å². The highest BCUT2D eigenvalue weighted by Crippen LogP contribution is 2.29. The highest BCUT2D eigenvalue weighted by Gasteiger charge is 2.22. The predicted octanol–water partition coefficient (Wildman–Crippen LogP) is 6.11. The van der Waals surface area contributed by atoms with Crippen LogP contribution in [0.15, 0.2) is 83.5 Å². The third kappa shape index (κ3) is 4.50. The molecule has 0 spiro atoms. The zero-order valence-corrected chi connectivity index (χ0v) is 20.1. The summed E-state index contributed by atoms with van der Waals surface area (Å²) in [7, 11) is 0. The van der Waals surface area contributed by atoms with E-state index in [1.165, 1.54) is 5.56 Å². The molecule has 0 fully saturated rings. The number of aromatic nitrogens is 4. The van der Waals surface area contributed by atoms with E-state index in [2.05, 4.69) is 28.2 Å². The van der Waals surface area contributed by atoms with Crippen molar-refractivity contribution in [2.75, 3.05) is 6.54 Å². The summed E-state index contributed by atoms with van der Waals surface area (Å²) in [5.41, 5.74) is 6.29. The van der Waals surface area contributed by atoms with Crippen LogP contribution in [0.2, 0.25) is 5.02 Å². The summed E-state index contributed by atoms with van der Waals surface area (Å²) in [5, 5.41) is 5.60. The number of nitrogens with zero attached hydrogens (tertiary/aromatic N) is 5. The lowest BCUT2D eigenvalue weighted by molar-refractivity contribution is 0.243. The summed E-state index contributed by atoms with van der Waals surface area (Å²) in [4.78, 5) is 11.9. The molecule has 0 saturated heterocycles. The minimum Gasteiger partial charge on any atom is -0.460 e. The van der Waals surface area contributed by atoms with Crippen LogP contribution in [0.25, 0.3) is 28.5 Å². The molecule has 0 bridgehead atoms. The van der Waals surface area contributed by atoms with Crippen LogP contribution in [0.1, 0.15) is 22.6 Å². The summed E-state index contributed by atoms with van der Waals surface area (Å²) < 4.78 is 7.88. The van der Waals surface area contributed by atoms with Gasteiger partial charge in [-0.15, -0.1) is 0 Å². The SMILES string of the molecule is Cc1ccc(-c2nn(-c3ccccc3)cc2CN2CCc3nc(-c4ccc(Cl)cc4)ncc3C2)o1. The lowest BCUT2D eigenvalue weighted by Gasteiger charge is -2.27. The van der Waals surface area contributed by atoms with E-state index in [1.54, 1.807) is 0 Å². The number of hydrogen-bond acceptors (Lipinski definition) is 5. The maximum atomic E-state index is 6.03. The van der Waals surface area contributed by atoms with Crippen molar-refractivity contribution < 1.29 is 4.42 Å². The fourth-order valence-corrected chi connectivity index (χ4v) is 4.62. The molecule has 6 nitrogen and oxygen atoms in total. The topological polar surface area (TPSA) is 60.0 Å². The van der Waals surface area contributed by atoms with Crippen molar-refractivity contribution in [1.82, 2.24) is 24.6 Å². The predicted molar refractivity (Wildman–Crippen MR) is 136 cm³/mol. The Morgan fingerprint density at radius 3 is 2.60 bits per heavy atom. The van der Waals surface area contributed by atoms with Gasteiger partial charge in [-0.05, 0) is 55.5 Å². The maximum absolute atomic E-state index is 6.03. The monoisotopic (exact) mass is 481 g/mol. The molecule has 0 radical (unpaired) electrons. The van der Waals surface area contributed by atoms with E-state index in [0.717, 1.165) is 71.6 Å². The van der Waals surface area contributed by atoms with Crippen LogP contribution >= 0.6 is 11.6 Å². The molecule has 0 atom stereocenters. The highest BCUT2D eigenvalue weighted by molar-refractivity contribution is 6.30. The zero-order valence-electron chi connectivity index (χ0n) is 19.4. The van der Waals surface area contributed by atoms with Crippen molar-refractivity contribution in [3.05, 3.63) is 107 Å². The standard InChI is InChI=1S/C28H24ClN5O/c1-19-7-12-26(35-19)27-22(18-34(32-27)24-5-3-2-4-6-24)17-33-14-13-25-21(16-33)15-30-28(31-25)20-8-10-23(29)11-9-20/h2-12,15,18H,13-14,16-17H2,1H3. The quantitative estimate of drug-likeness (QED) is 0.303. The number of furan rings is 1. The Kier molecular flexibility index (Phi) is 5.68. The van der Waals surface area contributed by atoms with E-state index in [0.29, 0.717) is 5.02 Å². The molecule has 7 heteroatoms. The minimum atomic E-state index is 0.710. The van der Waals surface area contributed by atoms with Gasteiger partial charge in [0.05, 0.1) is 11.4 Å². The molecule has 4 heterocycles. The van der Waals surface area contributed by atoms with Gasteiger partial charge >= 0.3 is 0 Å². The Morgan fingerprint density at radius 2 is 1.83 bits per heavy atom. The normalized spacial score (nSPS) is 13.7. The van der Waals surface area contributed by atoms with Crippen LogP contribution in [-0.2, 0) is 19.5 Å². The average molecular weight is 482 g/mol. The second kappa shape index (κ2) is 9.13. The van der Waals surface area contributed by atoms with Crippen LogP contribution in [0.4, 0.5) is 0 Å². The fraction of sp³-hybridized carbons (Fsp3) is 0.179. The number of halogens is 1. The molecule has 0 saturated carbocycles. The Bertz CT molecular complexity index is 1470. The molecule has 5 aromatic rings. The molecular formula is C28H24ClN5O. The van der Waals surface area contributed by atoms with Crippen LogP contribution in [0, 0.1) is 6.92 Å². The van der Waals surface area contributed by atoms with Gasteiger partial charge in [-0.25, -0.2) is 14.6 Å². The molecule has 0 N–H and O–H groups in total. The van der Waals surface area contributed by atoms with E-state index < -0.39 is 0 Å². The molecule has 35 heavy (non-hydrogen) atoms. The van der Waals surface area contributed by atoms with Crippen molar-refractivity contribution >= 4 is 11.6 Å². The lowest BCUT2D eigenvalue weighted by atomic mass is 10.1. The Morgan fingerprint density at radius 1 is 1.00 bits per heavy atom. The van der Waals surface area contributed by atoms with Gasteiger partial charge in [0.15, 0.2) is 11.6 Å². The Balaban J connectivity index is 1.26. The summed E-state index contributed by atoms with van der Waals surface area (Å²) in [6.07, 6.45) is 4.95. The summed E-state index contributed by atoms with van der Waals surface area (Å²) in [6.45, 7) is 4.43. The lowest BCUT2D eigenvalue weighted by Crippen LogP contribution is -2.31. The maximum Gasteiger partial charge on any atom is 0.159 e. The third-order valence-corrected chi connectivity index (χ3v) is 6.55. The van der Waals surface area contributed by atoms with Crippen LogP contribution in [-0.4, -0.2) is 31.2 Å². The Labute approximate surface area is 208 Å². The van der Waals surface area contributed by atoms with E-state index >= 15 is 0 Å². The van der Waals surface area contributed by atoms with Gasteiger partial charge in [-0.2, -0.15) is 5.10 Å². The first-order valence-corrected chi connectivity index (χ1v) is 12.0. The number of aryl methyl sites for hydroxylation is 1. The summed E-state index contributed by atoms with van der Waals surface area (Å²) in [5.74, 6) is 2.41. The van der Waals surface area contributed by atoms with Crippen molar-refractivity contribution in [3.8, 4) is 28.5 Å². The van der Waals surface area contributed by atoms with Gasteiger partial charge in [0.1, 0.15) is 11.5 Å². The summed E-state index contributed by atoms with van der Waals surface area (Å²) in [6, 6.07) is 21.8. The first-order chi connectivity index (χ1) is 17.1. The molecular weight excluding hydrogens is 458 g/mol. The Hall–Kier alpha value is -3.74. The third-order valence-electron chi connectivity index (χ3n) is 6.29. The number of rotatable bonds is 5. The molecule has 1 aliphatic heterocycles. The van der Waals surface area contributed by atoms with Crippen LogP contribution < -0.4 is 0 Å². The van der Waals surface area contributed by atoms with Gasteiger partial charge in [0, 0.05) is 60.2 Å². The number of para-hydroxylation sites is 1. The van der Waals surface area contributed by atoms with Crippen molar-refractivity contribution in [1.29, 1.82) is 0 Å². The molecule has 174 valence electrons. The molecule has 6 rings (SSSR count). The largest absolute Gasteiger partial charge is 0.460 e. The van der Waals surface area contributed by atoms with Gasteiger partial charge in [0.2, 0.25) is 0 Å². The molecule has 1 aliphatic rings. The number of hydrogen-bond donors (Lipinski definition) is 0. The second-order valence-electron chi connectivity index (χ2n) is 8.83. The smallest absolute Gasteiger partial charge is 0.159 e. The van der Waals surface area contributed by atoms with Crippen LogP contribution in [0.5, 0.6) is 0 Å². The van der Waals surface area contributed by atoms with Gasteiger partial charge in [-0.3, -0.25) is 4.90 Å². The zero-order chi connectivity index (χ0) is 23.8. The van der Waals surface area contributed by atoms with Crippen molar-refractivity contribution in [2.24, 2.45) is 0 Å². The van der Waals surface area contributed by atoms with Gasteiger partial charge < -0.3 is 4.42 Å². The van der Waals surface area contributed by atoms with E-state index in [4.69, 9.17) is 26.1 Å². The highest BCUT2D eigenvalue weighted by atomic mass is 35.5. The van der Waals surface area contributed by atoms with Crippen molar-refractivity contribution in [2.45, 2.75) is 26.4 Å². The summed E-state index contributed by atoms with van der Waals surface area (Å²) >= 11 is 6.03. The van der Waals surface area contributed by atoms with E-state index in [-0.39, 0.29) is 0 Å².